The van der Waals surface area contributed by atoms with E-state index < -0.39 is 0 Å². The number of allylic oxidation sites excluding steroid dienone is 1. The van der Waals surface area contributed by atoms with Gasteiger partial charge in [-0.15, -0.1) is 23.1 Å². The quantitative estimate of drug-likeness (QED) is 0.532. The molecule has 0 N–H and O–H groups in total. The molecule has 1 aliphatic heterocycles. The van der Waals surface area contributed by atoms with Crippen molar-refractivity contribution < 1.29 is 0 Å². The number of thioether (sulfide) groups is 1. The Morgan fingerprint density at radius 1 is 1.11 bits per heavy atom. The van der Waals surface area contributed by atoms with Crippen LogP contribution in [0, 0.1) is 10.8 Å². The van der Waals surface area contributed by atoms with Gasteiger partial charge >= 0.3 is 0 Å². The first-order chi connectivity index (χ1) is 8.58. The molecule has 0 nitrogen and oxygen atoms in total. The van der Waals surface area contributed by atoms with E-state index in [2.05, 4.69) is 86.7 Å². The molecule has 0 bridgehead atoms. The van der Waals surface area contributed by atoms with Gasteiger partial charge in [0.2, 0.25) is 0 Å². The van der Waals surface area contributed by atoms with Gasteiger partial charge in [-0.25, -0.2) is 0 Å². The number of halogens is 1. The predicted molar refractivity (Wildman–Crippen MR) is 94.0 cm³/mol. The molecule has 0 atom stereocenters. The number of thiophene rings is 1. The molecule has 0 aliphatic carbocycles. The summed E-state index contributed by atoms with van der Waals surface area (Å²) in [6.45, 7) is 14.3. The Hall–Kier alpha value is 0.270. The molecule has 2 rings (SSSR count). The van der Waals surface area contributed by atoms with E-state index in [0.29, 0.717) is 0 Å². The highest BCUT2D eigenvalue weighted by atomic mass is 79.9. The van der Waals surface area contributed by atoms with E-state index in [1.807, 2.05) is 11.3 Å². The van der Waals surface area contributed by atoms with Crippen LogP contribution in [0.4, 0.5) is 0 Å². The molecule has 19 heavy (non-hydrogen) atoms. The van der Waals surface area contributed by atoms with Crippen LogP contribution in [-0.2, 0) is 0 Å². The Bertz CT molecular complexity index is 470. The van der Waals surface area contributed by atoms with Gasteiger partial charge in [0, 0.05) is 19.0 Å². The van der Waals surface area contributed by atoms with Gasteiger partial charge in [0.15, 0.2) is 0 Å². The Morgan fingerprint density at radius 3 is 2.05 bits per heavy atom. The summed E-state index contributed by atoms with van der Waals surface area (Å²) in [6.07, 6.45) is 1.12. The van der Waals surface area contributed by atoms with E-state index in [0.717, 1.165) is 6.42 Å². The summed E-state index contributed by atoms with van der Waals surface area (Å²) >= 11 is 7.77. The molecular weight excluding hydrogens is 336 g/mol. The monoisotopic (exact) mass is 358 g/mol. The lowest BCUT2D eigenvalue weighted by molar-refractivity contribution is 0.145. The van der Waals surface area contributed by atoms with Gasteiger partial charge in [-0.05, 0) is 28.7 Å². The third-order valence-corrected chi connectivity index (χ3v) is 8.44. The summed E-state index contributed by atoms with van der Waals surface area (Å²) in [5.74, 6) is 0. The summed E-state index contributed by atoms with van der Waals surface area (Å²) in [5, 5.41) is 2.16. The van der Waals surface area contributed by atoms with Gasteiger partial charge in [-0.3, -0.25) is 0 Å². The van der Waals surface area contributed by atoms with Crippen LogP contribution < -0.4 is 0 Å². The zero-order chi connectivity index (χ0) is 14.5. The van der Waals surface area contributed by atoms with Crippen LogP contribution in [0.2, 0.25) is 0 Å². The molecule has 0 radical (unpaired) electrons. The average Bonchev–Trinajstić information content (AvgIpc) is 2.81. The lowest BCUT2D eigenvalue weighted by Gasteiger charge is -2.51. The van der Waals surface area contributed by atoms with Crippen LogP contribution in [0.3, 0.4) is 0 Å². The number of hydrogen-bond donors (Lipinski definition) is 0. The van der Waals surface area contributed by atoms with E-state index in [1.54, 1.807) is 0 Å². The molecule has 1 aromatic heterocycles. The van der Waals surface area contributed by atoms with Crippen LogP contribution in [0.5, 0.6) is 0 Å². The minimum Gasteiger partial charge on any atom is -0.143 e. The van der Waals surface area contributed by atoms with Gasteiger partial charge < -0.3 is 0 Å². The van der Waals surface area contributed by atoms with Gasteiger partial charge in [0.1, 0.15) is 0 Å². The summed E-state index contributed by atoms with van der Waals surface area (Å²) in [6, 6.07) is 4.37. The number of hydrogen-bond acceptors (Lipinski definition) is 2. The minimum atomic E-state index is 0.234. The summed E-state index contributed by atoms with van der Waals surface area (Å²) in [4.78, 5) is 2.84. The third-order valence-electron chi connectivity index (χ3n) is 4.09. The van der Waals surface area contributed by atoms with Crippen molar-refractivity contribution >= 4 is 43.9 Å². The Kier molecular flexibility index (Phi) is 4.06. The predicted octanol–water partition coefficient (Wildman–Crippen LogP) is 6.78. The van der Waals surface area contributed by atoms with E-state index in [-0.39, 0.29) is 15.6 Å². The molecule has 0 spiro atoms. The van der Waals surface area contributed by atoms with Crippen molar-refractivity contribution in [2.45, 2.75) is 52.7 Å². The fraction of sp³-hybridized carbons (Fsp3) is 0.625. The largest absolute Gasteiger partial charge is 0.143 e. The van der Waals surface area contributed by atoms with Crippen LogP contribution in [-0.4, -0.2) is 4.75 Å². The number of rotatable bonds is 1. The van der Waals surface area contributed by atoms with E-state index in [4.69, 9.17) is 0 Å². The van der Waals surface area contributed by atoms with Gasteiger partial charge in [0.25, 0.3) is 0 Å². The Balaban J connectivity index is 2.45. The van der Waals surface area contributed by atoms with Crippen molar-refractivity contribution in [2.75, 3.05) is 0 Å². The minimum absolute atomic E-state index is 0.234. The summed E-state index contributed by atoms with van der Waals surface area (Å²) in [7, 11) is 0. The van der Waals surface area contributed by atoms with Crippen molar-refractivity contribution in [3.05, 3.63) is 26.9 Å². The molecule has 0 amide bonds. The maximum absolute atomic E-state index is 3.85. The molecule has 1 aliphatic rings. The fourth-order valence-electron chi connectivity index (χ4n) is 3.12. The molecule has 1 aromatic rings. The van der Waals surface area contributed by atoms with Crippen molar-refractivity contribution in [1.29, 1.82) is 0 Å². The molecule has 0 unspecified atom stereocenters. The zero-order valence-electron chi connectivity index (χ0n) is 12.6. The van der Waals surface area contributed by atoms with Gasteiger partial charge in [-0.2, -0.15) is 0 Å². The smallest absolute Gasteiger partial charge is 0.0414 e. The molecular formula is C16H23BrS2. The fourth-order valence-corrected chi connectivity index (χ4v) is 6.80. The Labute approximate surface area is 134 Å². The zero-order valence-corrected chi connectivity index (χ0v) is 15.9. The first-order valence-corrected chi connectivity index (χ1v) is 9.19. The van der Waals surface area contributed by atoms with Crippen molar-refractivity contribution in [2.24, 2.45) is 10.8 Å². The van der Waals surface area contributed by atoms with E-state index in [9.17, 15) is 0 Å². The van der Waals surface area contributed by atoms with Crippen molar-refractivity contribution in [3.8, 4) is 0 Å². The molecule has 0 aromatic carbocycles. The first kappa shape index (κ1) is 15.7. The highest BCUT2D eigenvalue weighted by Gasteiger charge is 2.55. The molecule has 106 valence electrons. The maximum atomic E-state index is 3.85. The lowest BCUT2D eigenvalue weighted by Crippen LogP contribution is -2.48. The molecule has 0 saturated carbocycles. The van der Waals surface area contributed by atoms with Crippen LogP contribution in [0.1, 0.15) is 52.8 Å². The average molecular weight is 359 g/mol. The molecule has 3 heteroatoms. The highest BCUT2D eigenvalue weighted by molar-refractivity contribution is 9.12. The SMILES string of the molecule is CC(C)(C)C1(C(C)(C)C)CC(Br)=C(c2cccs2)S1. The topological polar surface area (TPSA) is 0 Å². The summed E-state index contributed by atoms with van der Waals surface area (Å²) < 4.78 is 1.61. The van der Waals surface area contributed by atoms with Crippen molar-refractivity contribution in [1.82, 2.24) is 0 Å². The first-order valence-electron chi connectivity index (χ1n) is 6.70. The molecule has 0 fully saturated rings. The second-order valence-electron chi connectivity index (χ2n) is 7.32. The van der Waals surface area contributed by atoms with E-state index >= 15 is 0 Å². The normalized spacial score (nSPS) is 20.2. The Morgan fingerprint density at radius 2 is 1.68 bits per heavy atom. The summed E-state index contributed by atoms with van der Waals surface area (Å²) in [5.41, 5.74) is 0.516. The molecule has 2 heterocycles. The van der Waals surface area contributed by atoms with Crippen LogP contribution >= 0.6 is 39.0 Å². The van der Waals surface area contributed by atoms with Gasteiger partial charge in [-0.1, -0.05) is 63.5 Å². The third kappa shape index (κ3) is 2.58. The second-order valence-corrected chi connectivity index (χ2v) is 10.5. The maximum Gasteiger partial charge on any atom is 0.0414 e. The van der Waals surface area contributed by atoms with E-state index in [1.165, 1.54) is 14.3 Å². The van der Waals surface area contributed by atoms with Crippen LogP contribution in [0.25, 0.3) is 4.91 Å². The van der Waals surface area contributed by atoms with Gasteiger partial charge in [0.05, 0.1) is 0 Å². The lowest BCUT2D eigenvalue weighted by atomic mass is 9.64. The highest BCUT2D eigenvalue weighted by Crippen LogP contribution is 2.66. The second kappa shape index (κ2) is 4.92. The van der Waals surface area contributed by atoms with Crippen molar-refractivity contribution in [3.63, 3.8) is 0 Å². The standard InChI is InChI=1S/C16H23BrS2/c1-14(2,3)16(15(4,5)6)10-11(17)13(19-16)12-8-7-9-18-12/h7-9H,10H2,1-6H3. The van der Waals surface area contributed by atoms with Crippen LogP contribution in [0.15, 0.2) is 22.0 Å². The molecule has 0 saturated heterocycles.